The van der Waals surface area contributed by atoms with E-state index in [0.717, 1.165) is 5.82 Å². The highest BCUT2D eigenvalue weighted by Gasteiger charge is 2.30. The molecule has 3 heterocycles. The molecule has 3 aromatic rings. The standard InChI is InChI=1S/C16H15FN6O/c1-11-15-20-18-10-21(15)6-7-22(11)16(24)12-8-19-23(9-12)14-5-3-2-4-13(14)17/h2-5,8-11H,6-7H2,1H3. The minimum atomic E-state index is -0.390. The predicted octanol–water partition coefficient (Wildman–Crippen LogP) is 1.82. The number of fused-ring (bicyclic) bond motifs is 1. The van der Waals surface area contributed by atoms with Gasteiger partial charge in [-0.25, -0.2) is 9.07 Å². The van der Waals surface area contributed by atoms with Crippen LogP contribution < -0.4 is 0 Å². The maximum atomic E-state index is 13.9. The number of aromatic nitrogens is 5. The van der Waals surface area contributed by atoms with Crippen molar-refractivity contribution in [2.24, 2.45) is 0 Å². The molecule has 4 rings (SSSR count). The molecule has 0 N–H and O–H groups in total. The second kappa shape index (κ2) is 5.55. The summed E-state index contributed by atoms with van der Waals surface area (Å²) in [5, 5.41) is 12.1. The summed E-state index contributed by atoms with van der Waals surface area (Å²) in [5.41, 5.74) is 0.723. The quantitative estimate of drug-likeness (QED) is 0.720. The lowest BCUT2D eigenvalue weighted by atomic mass is 10.1. The second-order valence-electron chi connectivity index (χ2n) is 5.68. The lowest BCUT2D eigenvalue weighted by Gasteiger charge is -2.32. The summed E-state index contributed by atoms with van der Waals surface area (Å²) in [4.78, 5) is 14.5. The Bertz CT molecular complexity index is 901. The number of amides is 1. The molecule has 0 saturated carbocycles. The van der Waals surface area contributed by atoms with E-state index in [9.17, 15) is 9.18 Å². The molecule has 1 aliphatic heterocycles. The molecule has 0 bridgehead atoms. The summed E-state index contributed by atoms with van der Waals surface area (Å²) in [6.45, 7) is 3.13. The molecular formula is C16H15FN6O. The van der Waals surface area contributed by atoms with Crippen LogP contribution in [0.2, 0.25) is 0 Å². The molecule has 1 aliphatic rings. The number of para-hydroxylation sites is 1. The fourth-order valence-corrected chi connectivity index (χ4v) is 2.95. The Kier molecular flexibility index (Phi) is 3.37. The zero-order valence-electron chi connectivity index (χ0n) is 13.0. The van der Waals surface area contributed by atoms with Crippen LogP contribution in [0.3, 0.4) is 0 Å². The van der Waals surface area contributed by atoms with Gasteiger partial charge in [0.15, 0.2) is 5.82 Å². The third-order valence-corrected chi connectivity index (χ3v) is 4.26. The first kappa shape index (κ1) is 14.6. The molecule has 0 aliphatic carbocycles. The molecule has 8 heteroatoms. The van der Waals surface area contributed by atoms with Crippen LogP contribution in [0.4, 0.5) is 4.39 Å². The Morgan fingerprint density at radius 1 is 1.29 bits per heavy atom. The average Bonchev–Trinajstić information content (AvgIpc) is 3.25. The van der Waals surface area contributed by atoms with Gasteiger partial charge in [0.25, 0.3) is 5.91 Å². The van der Waals surface area contributed by atoms with Crippen LogP contribution in [-0.4, -0.2) is 41.9 Å². The number of benzene rings is 1. The predicted molar refractivity (Wildman–Crippen MR) is 83.0 cm³/mol. The van der Waals surface area contributed by atoms with Crippen LogP contribution in [0.1, 0.15) is 29.1 Å². The van der Waals surface area contributed by atoms with Crippen molar-refractivity contribution >= 4 is 5.91 Å². The Morgan fingerprint density at radius 2 is 2.12 bits per heavy atom. The minimum Gasteiger partial charge on any atom is -0.327 e. The molecule has 1 aromatic carbocycles. The van der Waals surface area contributed by atoms with E-state index >= 15 is 0 Å². The molecular weight excluding hydrogens is 311 g/mol. The van der Waals surface area contributed by atoms with Gasteiger partial charge in [0.05, 0.1) is 17.8 Å². The van der Waals surface area contributed by atoms with Crippen molar-refractivity contribution in [2.75, 3.05) is 6.54 Å². The van der Waals surface area contributed by atoms with Gasteiger partial charge in [0, 0.05) is 19.3 Å². The van der Waals surface area contributed by atoms with Crippen molar-refractivity contribution in [1.29, 1.82) is 0 Å². The molecule has 122 valence electrons. The van der Waals surface area contributed by atoms with E-state index in [1.54, 1.807) is 35.6 Å². The fourth-order valence-electron chi connectivity index (χ4n) is 2.95. The first-order valence-corrected chi connectivity index (χ1v) is 7.63. The van der Waals surface area contributed by atoms with Gasteiger partial charge >= 0.3 is 0 Å². The summed E-state index contributed by atoms with van der Waals surface area (Å²) >= 11 is 0. The van der Waals surface area contributed by atoms with E-state index in [1.807, 2.05) is 11.5 Å². The van der Waals surface area contributed by atoms with Gasteiger partial charge < -0.3 is 9.47 Å². The van der Waals surface area contributed by atoms with E-state index in [1.165, 1.54) is 16.9 Å². The SMILES string of the molecule is CC1c2nncn2CCN1C(=O)c1cnn(-c2ccccc2F)c1. The van der Waals surface area contributed by atoms with Gasteiger partial charge in [-0.15, -0.1) is 10.2 Å². The van der Waals surface area contributed by atoms with Crippen LogP contribution >= 0.6 is 0 Å². The van der Waals surface area contributed by atoms with Crippen LogP contribution in [0.15, 0.2) is 43.0 Å². The Hall–Kier alpha value is -3.03. The number of hydrogen-bond donors (Lipinski definition) is 0. The molecule has 0 saturated heterocycles. The van der Waals surface area contributed by atoms with Crippen molar-refractivity contribution < 1.29 is 9.18 Å². The van der Waals surface area contributed by atoms with Crippen LogP contribution in [0.5, 0.6) is 0 Å². The number of carbonyl (C=O) groups excluding carboxylic acids is 1. The van der Waals surface area contributed by atoms with E-state index < -0.39 is 0 Å². The fraction of sp³-hybridized carbons (Fsp3) is 0.250. The lowest BCUT2D eigenvalue weighted by molar-refractivity contribution is 0.0637. The van der Waals surface area contributed by atoms with Gasteiger partial charge in [-0.2, -0.15) is 5.10 Å². The first-order valence-electron chi connectivity index (χ1n) is 7.63. The molecule has 0 fully saturated rings. The normalized spacial score (nSPS) is 16.9. The lowest BCUT2D eigenvalue weighted by Crippen LogP contribution is -2.41. The van der Waals surface area contributed by atoms with Gasteiger partial charge in [-0.05, 0) is 19.1 Å². The van der Waals surface area contributed by atoms with Gasteiger partial charge in [-0.3, -0.25) is 4.79 Å². The summed E-state index contributed by atoms with van der Waals surface area (Å²) < 4.78 is 17.2. The minimum absolute atomic E-state index is 0.153. The van der Waals surface area contributed by atoms with Crippen LogP contribution in [-0.2, 0) is 6.54 Å². The number of hydrogen-bond acceptors (Lipinski definition) is 4. The highest BCUT2D eigenvalue weighted by Crippen LogP contribution is 2.24. The number of carbonyl (C=O) groups is 1. The molecule has 2 aromatic heterocycles. The molecule has 24 heavy (non-hydrogen) atoms. The molecule has 1 unspecified atom stereocenters. The largest absolute Gasteiger partial charge is 0.327 e. The molecule has 7 nitrogen and oxygen atoms in total. The van der Waals surface area contributed by atoms with Gasteiger partial charge in [0.2, 0.25) is 0 Å². The van der Waals surface area contributed by atoms with E-state index in [-0.39, 0.29) is 17.8 Å². The van der Waals surface area contributed by atoms with Crippen molar-refractivity contribution in [3.63, 3.8) is 0 Å². The second-order valence-corrected chi connectivity index (χ2v) is 5.68. The van der Waals surface area contributed by atoms with Crippen molar-refractivity contribution in [3.05, 3.63) is 60.2 Å². The summed E-state index contributed by atoms with van der Waals surface area (Å²) in [7, 11) is 0. The van der Waals surface area contributed by atoms with Crippen molar-refractivity contribution in [3.8, 4) is 5.69 Å². The van der Waals surface area contributed by atoms with Gasteiger partial charge in [0.1, 0.15) is 17.8 Å². The topological polar surface area (TPSA) is 68.8 Å². The van der Waals surface area contributed by atoms with Crippen LogP contribution in [0.25, 0.3) is 5.69 Å². The summed E-state index contributed by atoms with van der Waals surface area (Å²) in [6.07, 6.45) is 4.68. The highest BCUT2D eigenvalue weighted by atomic mass is 19.1. The maximum absolute atomic E-state index is 13.9. The van der Waals surface area contributed by atoms with Gasteiger partial charge in [-0.1, -0.05) is 12.1 Å². The zero-order chi connectivity index (χ0) is 16.7. The molecule has 1 amide bonds. The first-order chi connectivity index (χ1) is 11.6. The van der Waals surface area contributed by atoms with E-state index in [2.05, 4.69) is 15.3 Å². The van der Waals surface area contributed by atoms with Crippen LogP contribution in [0, 0.1) is 5.82 Å². The van der Waals surface area contributed by atoms with E-state index in [0.29, 0.717) is 24.3 Å². The zero-order valence-corrected chi connectivity index (χ0v) is 13.0. The average molecular weight is 326 g/mol. The monoisotopic (exact) mass is 326 g/mol. The Labute approximate surface area is 137 Å². The molecule has 0 spiro atoms. The summed E-state index contributed by atoms with van der Waals surface area (Å²) in [6, 6.07) is 6.13. The highest BCUT2D eigenvalue weighted by molar-refractivity contribution is 5.94. The maximum Gasteiger partial charge on any atom is 0.257 e. The summed E-state index contributed by atoms with van der Waals surface area (Å²) in [5.74, 6) is 0.217. The van der Waals surface area contributed by atoms with E-state index in [4.69, 9.17) is 0 Å². The molecule has 0 radical (unpaired) electrons. The number of rotatable bonds is 2. The van der Waals surface area contributed by atoms with Crippen molar-refractivity contribution in [1.82, 2.24) is 29.4 Å². The third-order valence-electron chi connectivity index (χ3n) is 4.26. The Morgan fingerprint density at radius 3 is 2.96 bits per heavy atom. The smallest absolute Gasteiger partial charge is 0.257 e. The number of halogens is 1. The Balaban J connectivity index is 1.61. The van der Waals surface area contributed by atoms with Crippen molar-refractivity contribution in [2.45, 2.75) is 19.5 Å². The molecule has 1 atom stereocenters. The number of nitrogens with zero attached hydrogens (tertiary/aromatic N) is 6. The third kappa shape index (κ3) is 2.27.